The van der Waals surface area contributed by atoms with Gasteiger partial charge < -0.3 is 4.74 Å². The largest absolute Gasteiger partial charge is 0.466 e. The molecule has 0 heterocycles. The van der Waals surface area contributed by atoms with E-state index < -0.39 is 0 Å². The second-order valence-corrected chi connectivity index (χ2v) is 5.15. The minimum Gasteiger partial charge on any atom is -0.466 e. The Kier molecular flexibility index (Phi) is 4.35. The van der Waals surface area contributed by atoms with E-state index >= 15 is 0 Å². The Morgan fingerprint density at radius 2 is 1.89 bits per heavy atom. The van der Waals surface area contributed by atoms with Gasteiger partial charge >= 0.3 is 5.97 Å². The van der Waals surface area contributed by atoms with E-state index in [1.54, 1.807) is 6.92 Å². The standard InChI is InChI=1S/C16H20O3/c1-3-19-16(18)14-10-13(14)15(17)9-8-12-6-4-11(2)5-7-12/h4-7,13-14H,3,8-10H2,1-2H3/t13-,14-/m0/s1. The summed E-state index contributed by atoms with van der Waals surface area (Å²) in [5.41, 5.74) is 2.40. The minimum atomic E-state index is -0.212. The molecule has 102 valence electrons. The fraction of sp³-hybridized carbons (Fsp3) is 0.500. The number of ether oxygens (including phenoxy) is 1. The predicted molar refractivity (Wildman–Crippen MR) is 72.7 cm³/mol. The molecule has 0 aromatic heterocycles. The molecule has 1 aliphatic carbocycles. The lowest BCUT2D eigenvalue weighted by Gasteiger charge is -2.02. The van der Waals surface area contributed by atoms with Crippen LogP contribution in [0, 0.1) is 18.8 Å². The number of Topliss-reactive ketones (excluding diaryl/α,β-unsaturated/α-hetero) is 1. The highest BCUT2D eigenvalue weighted by atomic mass is 16.5. The van der Waals surface area contributed by atoms with Gasteiger partial charge in [-0.05, 0) is 32.3 Å². The smallest absolute Gasteiger partial charge is 0.309 e. The molecule has 1 aromatic rings. The molecule has 0 aliphatic heterocycles. The summed E-state index contributed by atoms with van der Waals surface area (Å²) in [6, 6.07) is 8.22. The first-order chi connectivity index (χ1) is 9.11. The molecule has 0 radical (unpaired) electrons. The molecule has 2 atom stereocenters. The minimum absolute atomic E-state index is 0.0931. The third kappa shape index (κ3) is 3.66. The van der Waals surface area contributed by atoms with Crippen molar-refractivity contribution in [1.29, 1.82) is 0 Å². The number of hydrogen-bond acceptors (Lipinski definition) is 3. The molecule has 2 rings (SSSR count). The van der Waals surface area contributed by atoms with Gasteiger partial charge in [0.15, 0.2) is 0 Å². The molecule has 3 nitrogen and oxygen atoms in total. The highest BCUT2D eigenvalue weighted by Crippen LogP contribution is 2.41. The number of ketones is 1. The van der Waals surface area contributed by atoms with E-state index in [4.69, 9.17) is 4.74 Å². The van der Waals surface area contributed by atoms with Crippen molar-refractivity contribution in [2.45, 2.75) is 33.1 Å². The van der Waals surface area contributed by atoms with Crippen LogP contribution in [0.5, 0.6) is 0 Å². The van der Waals surface area contributed by atoms with Gasteiger partial charge in [0.1, 0.15) is 5.78 Å². The van der Waals surface area contributed by atoms with Gasteiger partial charge in [-0.1, -0.05) is 29.8 Å². The molecule has 1 aromatic carbocycles. The summed E-state index contributed by atoms with van der Waals surface area (Å²) in [6.45, 7) is 4.22. The first-order valence-corrected chi connectivity index (χ1v) is 6.86. The number of carbonyl (C=O) groups is 2. The molecular weight excluding hydrogens is 240 g/mol. The Morgan fingerprint density at radius 1 is 1.21 bits per heavy atom. The molecule has 1 fully saturated rings. The zero-order valence-corrected chi connectivity index (χ0v) is 11.5. The number of esters is 1. The summed E-state index contributed by atoms with van der Waals surface area (Å²) in [4.78, 5) is 23.4. The van der Waals surface area contributed by atoms with Gasteiger partial charge in [0.05, 0.1) is 12.5 Å². The third-order valence-corrected chi connectivity index (χ3v) is 3.57. The summed E-state index contributed by atoms with van der Waals surface area (Å²) in [5.74, 6) is -0.287. The monoisotopic (exact) mass is 260 g/mol. The molecule has 0 N–H and O–H groups in total. The van der Waals surface area contributed by atoms with Crippen LogP contribution in [0.2, 0.25) is 0 Å². The van der Waals surface area contributed by atoms with Crippen LogP contribution in [0.15, 0.2) is 24.3 Å². The van der Waals surface area contributed by atoms with Crippen molar-refractivity contribution in [2.24, 2.45) is 11.8 Å². The van der Waals surface area contributed by atoms with Crippen LogP contribution in [-0.2, 0) is 20.7 Å². The van der Waals surface area contributed by atoms with Crippen molar-refractivity contribution >= 4 is 11.8 Å². The highest BCUT2D eigenvalue weighted by molar-refractivity contribution is 5.91. The number of aryl methyl sites for hydroxylation is 2. The van der Waals surface area contributed by atoms with Crippen molar-refractivity contribution in [3.63, 3.8) is 0 Å². The average molecular weight is 260 g/mol. The molecule has 1 aliphatic rings. The molecule has 0 amide bonds. The van der Waals surface area contributed by atoms with Crippen LogP contribution in [-0.4, -0.2) is 18.4 Å². The summed E-state index contributed by atoms with van der Waals surface area (Å²) >= 11 is 0. The lowest BCUT2D eigenvalue weighted by atomic mass is 10.0. The molecule has 1 saturated carbocycles. The summed E-state index contributed by atoms with van der Waals surface area (Å²) in [5, 5.41) is 0. The van der Waals surface area contributed by atoms with Crippen molar-refractivity contribution in [1.82, 2.24) is 0 Å². The summed E-state index contributed by atoms with van der Waals surface area (Å²) in [7, 11) is 0. The summed E-state index contributed by atoms with van der Waals surface area (Å²) < 4.78 is 4.93. The van der Waals surface area contributed by atoms with Crippen molar-refractivity contribution in [3.05, 3.63) is 35.4 Å². The van der Waals surface area contributed by atoms with E-state index in [1.807, 2.05) is 6.92 Å². The highest BCUT2D eigenvalue weighted by Gasteiger charge is 2.48. The fourth-order valence-electron chi connectivity index (χ4n) is 2.27. The molecule has 19 heavy (non-hydrogen) atoms. The second kappa shape index (κ2) is 6.00. The Hall–Kier alpha value is -1.64. The van der Waals surface area contributed by atoms with Gasteiger partial charge in [0.2, 0.25) is 0 Å². The number of benzene rings is 1. The van der Waals surface area contributed by atoms with Gasteiger partial charge in [-0.15, -0.1) is 0 Å². The summed E-state index contributed by atoms with van der Waals surface area (Å²) in [6.07, 6.45) is 1.94. The number of hydrogen-bond donors (Lipinski definition) is 0. The van der Waals surface area contributed by atoms with Crippen LogP contribution in [0.1, 0.15) is 30.9 Å². The first-order valence-electron chi connectivity index (χ1n) is 6.86. The maximum Gasteiger partial charge on any atom is 0.309 e. The zero-order valence-electron chi connectivity index (χ0n) is 11.5. The Bertz CT molecular complexity index is 461. The number of carbonyl (C=O) groups excluding carboxylic acids is 2. The van der Waals surface area contributed by atoms with Crippen LogP contribution >= 0.6 is 0 Å². The first kappa shape index (κ1) is 13.8. The molecule has 0 spiro atoms. The Morgan fingerprint density at radius 3 is 2.53 bits per heavy atom. The lowest BCUT2D eigenvalue weighted by Crippen LogP contribution is -2.12. The van der Waals surface area contributed by atoms with Gasteiger partial charge in [-0.25, -0.2) is 0 Å². The molecule has 0 unspecified atom stereocenters. The fourth-order valence-corrected chi connectivity index (χ4v) is 2.27. The van der Waals surface area contributed by atoms with Crippen molar-refractivity contribution in [3.8, 4) is 0 Å². The van der Waals surface area contributed by atoms with E-state index in [0.717, 1.165) is 6.42 Å². The van der Waals surface area contributed by atoms with Gasteiger partial charge in [0.25, 0.3) is 0 Å². The maximum absolute atomic E-state index is 12.0. The SMILES string of the molecule is CCOC(=O)[C@H]1C[C@@H]1C(=O)CCc1ccc(C)cc1. The van der Waals surface area contributed by atoms with Gasteiger partial charge in [0, 0.05) is 12.3 Å². The van der Waals surface area contributed by atoms with Gasteiger partial charge in [-0.3, -0.25) is 9.59 Å². The van der Waals surface area contributed by atoms with Crippen LogP contribution in [0.25, 0.3) is 0 Å². The molecule has 0 saturated heterocycles. The number of rotatable bonds is 6. The maximum atomic E-state index is 12.0. The zero-order chi connectivity index (χ0) is 13.8. The van der Waals surface area contributed by atoms with Crippen molar-refractivity contribution < 1.29 is 14.3 Å². The van der Waals surface area contributed by atoms with Crippen LogP contribution in [0.4, 0.5) is 0 Å². The van der Waals surface area contributed by atoms with Crippen molar-refractivity contribution in [2.75, 3.05) is 6.61 Å². The van der Waals surface area contributed by atoms with E-state index in [-0.39, 0.29) is 23.6 Å². The quantitative estimate of drug-likeness (QED) is 0.739. The van der Waals surface area contributed by atoms with E-state index in [2.05, 4.69) is 24.3 Å². The second-order valence-electron chi connectivity index (χ2n) is 5.15. The van der Waals surface area contributed by atoms with E-state index in [1.165, 1.54) is 11.1 Å². The Labute approximate surface area is 114 Å². The predicted octanol–water partition coefficient (Wildman–Crippen LogP) is 2.70. The van der Waals surface area contributed by atoms with Crippen LogP contribution < -0.4 is 0 Å². The lowest BCUT2D eigenvalue weighted by molar-refractivity contribution is -0.145. The van der Waals surface area contributed by atoms with Crippen LogP contribution in [0.3, 0.4) is 0 Å². The molecular formula is C16H20O3. The van der Waals surface area contributed by atoms with Gasteiger partial charge in [-0.2, -0.15) is 0 Å². The molecule has 0 bridgehead atoms. The third-order valence-electron chi connectivity index (χ3n) is 3.57. The Balaban J connectivity index is 1.77. The molecule has 3 heteroatoms. The topological polar surface area (TPSA) is 43.4 Å². The van der Waals surface area contributed by atoms with E-state index in [0.29, 0.717) is 19.4 Å². The normalized spacial score (nSPS) is 20.9. The average Bonchev–Trinajstić information content (AvgIpc) is 3.18. The van der Waals surface area contributed by atoms with E-state index in [9.17, 15) is 9.59 Å².